The molecule has 0 aliphatic carbocycles. The lowest BCUT2D eigenvalue weighted by molar-refractivity contribution is -0.131. The fraction of sp³-hybridized carbons (Fsp3) is 0.167. The molecule has 5 heteroatoms. The molecule has 0 heterocycles. The van der Waals surface area contributed by atoms with E-state index in [1.807, 2.05) is 0 Å². The van der Waals surface area contributed by atoms with E-state index >= 15 is 0 Å². The Bertz CT molecular complexity index is 465. The van der Waals surface area contributed by atoms with Crippen LogP contribution in [0.5, 0.6) is 5.75 Å². The van der Waals surface area contributed by atoms with Gasteiger partial charge in [0.25, 0.3) is 5.91 Å². The number of ether oxygens (including phenoxy) is 1. The van der Waals surface area contributed by atoms with Gasteiger partial charge in [-0.2, -0.15) is 0 Å². The number of carbonyl (C=O) groups excluding carboxylic acids is 1. The van der Waals surface area contributed by atoms with Gasteiger partial charge in [0.05, 0.1) is 12.8 Å². The second-order valence-corrected chi connectivity index (χ2v) is 3.32. The van der Waals surface area contributed by atoms with Crippen LogP contribution in [-0.2, 0) is 9.59 Å². The van der Waals surface area contributed by atoms with E-state index in [2.05, 4.69) is 5.32 Å². The number of hydrogen-bond acceptors (Lipinski definition) is 3. The monoisotopic (exact) mass is 235 g/mol. The third-order valence-electron chi connectivity index (χ3n) is 2.05. The van der Waals surface area contributed by atoms with E-state index in [1.54, 1.807) is 24.3 Å². The van der Waals surface area contributed by atoms with Gasteiger partial charge in [0.2, 0.25) is 0 Å². The maximum absolute atomic E-state index is 11.6. The molecule has 0 saturated heterocycles. The summed E-state index contributed by atoms with van der Waals surface area (Å²) in [5, 5.41) is 11.1. The lowest BCUT2D eigenvalue weighted by Crippen LogP contribution is -2.14. The summed E-state index contributed by atoms with van der Waals surface area (Å²) in [6.45, 7) is 1.43. The normalized spacial score (nSPS) is 10.8. The van der Waals surface area contributed by atoms with Crippen molar-refractivity contribution in [2.24, 2.45) is 0 Å². The Morgan fingerprint density at radius 2 is 2.00 bits per heavy atom. The molecular formula is C12H13NO4. The van der Waals surface area contributed by atoms with Crippen LogP contribution in [0.4, 0.5) is 5.69 Å². The predicted molar refractivity (Wildman–Crippen MR) is 63.0 cm³/mol. The molecule has 0 unspecified atom stereocenters. The van der Waals surface area contributed by atoms with Gasteiger partial charge in [0.1, 0.15) is 5.75 Å². The molecule has 90 valence electrons. The molecule has 1 aromatic rings. The zero-order chi connectivity index (χ0) is 12.8. The highest BCUT2D eigenvalue weighted by atomic mass is 16.5. The number of benzene rings is 1. The molecule has 17 heavy (non-hydrogen) atoms. The Balaban J connectivity index is 2.85. The number of hydrogen-bond donors (Lipinski definition) is 2. The van der Waals surface area contributed by atoms with Gasteiger partial charge in [-0.25, -0.2) is 4.79 Å². The number of carbonyl (C=O) groups is 2. The molecule has 2 N–H and O–H groups in total. The van der Waals surface area contributed by atoms with Crippen LogP contribution in [0.2, 0.25) is 0 Å². The Kier molecular flexibility index (Phi) is 4.28. The van der Waals surface area contributed by atoms with E-state index < -0.39 is 11.9 Å². The third-order valence-corrected chi connectivity index (χ3v) is 2.05. The van der Waals surface area contributed by atoms with Crippen molar-refractivity contribution in [1.82, 2.24) is 0 Å². The average Bonchev–Trinajstić information content (AvgIpc) is 2.28. The van der Waals surface area contributed by atoms with Crippen molar-refractivity contribution in [3.8, 4) is 5.75 Å². The average molecular weight is 235 g/mol. The van der Waals surface area contributed by atoms with Crippen molar-refractivity contribution in [2.75, 3.05) is 12.4 Å². The van der Waals surface area contributed by atoms with Crippen LogP contribution >= 0.6 is 0 Å². The first-order valence-corrected chi connectivity index (χ1v) is 4.90. The van der Waals surface area contributed by atoms with Gasteiger partial charge in [-0.1, -0.05) is 12.1 Å². The molecule has 0 aliphatic rings. The number of methoxy groups -OCH3 is 1. The predicted octanol–water partition coefficient (Wildman–Crippen LogP) is 1.66. The van der Waals surface area contributed by atoms with Gasteiger partial charge in [-0.15, -0.1) is 0 Å². The molecule has 1 rings (SSSR count). The van der Waals surface area contributed by atoms with Crippen LogP contribution in [0.3, 0.4) is 0 Å². The SMILES string of the molecule is COc1ccccc1NC(=O)/C(C)=C\C(=O)O. The number of aliphatic carboxylic acids is 1. The summed E-state index contributed by atoms with van der Waals surface area (Å²) in [4.78, 5) is 22.0. The molecule has 0 aromatic heterocycles. The Labute approximate surface area is 98.7 Å². The van der Waals surface area contributed by atoms with Crippen LogP contribution in [0.1, 0.15) is 6.92 Å². The van der Waals surface area contributed by atoms with Gasteiger partial charge in [-0.3, -0.25) is 4.79 Å². The molecular weight excluding hydrogens is 222 g/mol. The molecule has 0 atom stereocenters. The lowest BCUT2D eigenvalue weighted by Gasteiger charge is -2.09. The molecule has 5 nitrogen and oxygen atoms in total. The van der Waals surface area contributed by atoms with Crippen molar-refractivity contribution in [3.63, 3.8) is 0 Å². The fourth-order valence-electron chi connectivity index (χ4n) is 1.22. The molecule has 1 amide bonds. The zero-order valence-corrected chi connectivity index (χ0v) is 9.56. The molecule has 0 spiro atoms. The third kappa shape index (κ3) is 3.64. The number of carboxylic acids is 1. The summed E-state index contributed by atoms with van der Waals surface area (Å²) in [6.07, 6.45) is 0.852. The van der Waals surface area contributed by atoms with Gasteiger partial charge in [0, 0.05) is 11.6 Å². The number of nitrogens with one attached hydrogen (secondary N) is 1. The van der Waals surface area contributed by atoms with Crippen LogP contribution < -0.4 is 10.1 Å². The first-order valence-electron chi connectivity index (χ1n) is 4.90. The van der Waals surface area contributed by atoms with E-state index in [1.165, 1.54) is 14.0 Å². The summed E-state index contributed by atoms with van der Waals surface area (Å²) in [7, 11) is 1.49. The maximum Gasteiger partial charge on any atom is 0.328 e. The van der Waals surface area contributed by atoms with Crippen LogP contribution in [0, 0.1) is 0 Å². The fourth-order valence-corrected chi connectivity index (χ4v) is 1.22. The largest absolute Gasteiger partial charge is 0.495 e. The number of para-hydroxylation sites is 2. The lowest BCUT2D eigenvalue weighted by atomic mass is 10.2. The van der Waals surface area contributed by atoms with Crippen molar-refractivity contribution in [3.05, 3.63) is 35.9 Å². The highest BCUT2D eigenvalue weighted by molar-refractivity contribution is 6.06. The molecule has 0 radical (unpaired) electrons. The van der Waals surface area contributed by atoms with E-state index in [0.29, 0.717) is 11.4 Å². The summed E-state index contributed by atoms with van der Waals surface area (Å²) in [5.41, 5.74) is 0.613. The second-order valence-electron chi connectivity index (χ2n) is 3.32. The Hall–Kier alpha value is -2.30. The number of rotatable bonds is 4. The highest BCUT2D eigenvalue weighted by Gasteiger charge is 2.09. The topological polar surface area (TPSA) is 75.6 Å². The smallest absolute Gasteiger partial charge is 0.328 e. The minimum absolute atomic E-state index is 0.114. The van der Waals surface area contributed by atoms with Crippen molar-refractivity contribution in [2.45, 2.75) is 6.92 Å². The molecule has 0 fully saturated rings. The van der Waals surface area contributed by atoms with Gasteiger partial charge in [-0.05, 0) is 19.1 Å². The van der Waals surface area contributed by atoms with Crippen LogP contribution in [-0.4, -0.2) is 24.1 Å². The number of amides is 1. The summed E-state index contributed by atoms with van der Waals surface area (Å²) in [6, 6.07) is 6.89. The van der Waals surface area contributed by atoms with E-state index in [-0.39, 0.29) is 5.57 Å². The van der Waals surface area contributed by atoms with Gasteiger partial charge in [0.15, 0.2) is 0 Å². The molecule has 1 aromatic carbocycles. The standard InChI is InChI=1S/C12H13NO4/c1-8(7-11(14)15)12(16)13-9-5-3-4-6-10(9)17-2/h3-7H,1-2H3,(H,13,16)(H,14,15)/b8-7-. The first-order chi connectivity index (χ1) is 8.04. The van der Waals surface area contributed by atoms with E-state index in [0.717, 1.165) is 6.08 Å². The molecule has 0 saturated carbocycles. The van der Waals surface area contributed by atoms with E-state index in [4.69, 9.17) is 9.84 Å². The Morgan fingerprint density at radius 1 is 1.35 bits per heavy atom. The van der Waals surface area contributed by atoms with Gasteiger partial charge < -0.3 is 15.2 Å². The Morgan fingerprint density at radius 3 is 2.59 bits per heavy atom. The van der Waals surface area contributed by atoms with Crippen molar-refractivity contribution < 1.29 is 19.4 Å². The van der Waals surface area contributed by atoms with Crippen molar-refractivity contribution in [1.29, 1.82) is 0 Å². The number of carboxylic acid groups (broad SMARTS) is 1. The first kappa shape index (κ1) is 12.8. The summed E-state index contributed by atoms with van der Waals surface area (Å²) < 4.78 is 5.06. The van der Waals surface area contributed by atoms with Crippen LogP contribution in [0.15, 0.2) is 35.9 Å². The number of anilines is 1. The zero-order valence-electron chi connectivity index (χ0n) is 9.56. The quantitative estimate of drug-likeness (QED) is 0.778. The van der Waals surface area contributed by atoms with Crippen molar-refractivity contribution >= 4 is 17.6 Å². The van der Waals surface area contributed by atoms with Gasteiger partial charge >= 0.3 is 5.97 Å². The minimum Gasteiger partial charge on any atom is -0.495 e. The minimum atomic E-state index is -1.15. The maximum atomic E-state index is 11.6. The summed E-state index contributed by atoms with van der Waals surface area (Å²) >= 11 is 0. The molecule has 0 aliphatic heterocycles. The molecule has 0 bridgehead atoms. The van der Waals surface area contributed by atoms with Crippen LogP contribution in [0.25, 0.3) is 0 Å². The summed E-state index contributed by atoms with van der Waals surface area (Å²) in [5.74, 6) is -1.11. The van der Waals surface area contributed by atoms with E-state index in [9.17, 15) is 9.59 Å². The highest BCUT2D eigenvalue weighted by Crippen LogP contribution is 2.23. The second kappa shape index (κ2) is 5.69.